The summed E-state index contributed by atoms with van der Waals surface area (Å²) in [6.45, 7) is 0.518. The number of rotatable bonds is 56. The molecule has 0 spiro atoms. The number of carboxylic acid groups (broad SMARTS) is 2. The third-order valence-corrected chi connectivity index (χ3v) is 22.0. The zero-order valence-electron chi connectivity index (χ0n) is 67.8. The molecule has 2 unspecified atom stereocenters. The fourth-order valence-electron chi connectivity index (χ4n) is 15.4. The van der Waals surface area contributed by atoms with Crippen LogP contribution in [0.4, 0.5) is 0 Å². The maximum absolute atomic E-state index is 14.2. The molecule has 116 heavy (non-hydrogen) atoms. The molecule has 0 saturated carbocycles. The number of carbonyl (C=O) groups is 6. The van der Waals surface area contributed by atoms with Gasteiger partial charge in [0.1, 0.15) is 110 Å². The number of carbonyl (C=O) groups excluding carboxylic acids is 4. The van der Waals surface area contributed by atoms with Crippen molar-refractivity contribution in [3.05, 3.63) is 12.2 Å². The first kappa shape index (κ1) is 102. The standard InChI is InChI=1S/C78H138N4O34/c1-6-8-10-12-14-16-18-20-21-23-25-27-29-31-33-35-56(95)82-47(48(91)34-32-30-28-26-24-22-19-17-15-13-11-9-7-2)43-107-73-65(101)64(100)67(54(41-86)109-73)111-74-66(102)71(68(55(42-87)110-74)112-72-59(81-46(5)90)63(99)61(97)52(39-84)108-72)116-78(76(105)106)37-50(93)58(80-45(4)89)70(115-78)62(98)53(40-85)113-77(75(103)104)36-49(92)57(79-44(3)88)69(114-77)60(96)51(94)38-83/h32,34,47-55,57-74,83-87,91-94,96-102H,6-31,33,35-43H2,1-5H3,(H,79,88)(H,80,89)(H,81,90)(H,82,95)(H,103,104)(H,105,106)/t47-,48+,49-,50-,51+,52+,53+,54+,55+,57+,58+,59+,60+,61-,62+,63+,64+,65+,66+,67+,68-,69?,70?,71+,72-,73+,74-,77+,78-/m0/s1. The maximum Gasteiger partial charge on any atom is 0.364 e. The van der Waals surface area contributed by atoms with E-state index in [0.29, 0.717) is 12.8 Å². The predicted octanol–water partition coefficient (Wildman–Crippen LogP) is -1.69. The number of hydrogen-bond acceptors (Lipinski definition) is 32. The van der Waals surface area contributed by atoms with Crippen LogP contribution in [0.2, 0.25) is 0 Å². The van der Waals surface area contributed by atoms with Gasteiger partial charge in [-0.3, -0.25) is 19.2 Å². The lowest BCUT2D eigenvalue weighted by atomic mass is 9.87. The zero-order valence-corrected chi connectivity index (χ0v) is 67.8. The van der Waals surface area contributed by atoms with Gasteiger partial charge < -0.3 is 161 Å². The van der Waals surface area contributed by atoms with Crippen molar-refractivity contribution in [3.8, 4) is 0 Å². The number of aliphatic carboxylic acids is 2. The van der Waals surface area contributed by atoms with Gasteiger partial charge in [0.2, 0.25) is 23.6 Å². The first-order valence-electron chi connectivity index (χ1n) is 41.7. The van der Waals surface area contributed by atoms with Crippen molar-refractivity contribution in [2.45, 2.75) is 404 Å². The first-order chi connectivity index (χ1) is 55.3. The van der Waals surface area contributed by atoms with Crippen molar-refractivity contribution in [3.63, 3.8) is 0 Å². The summed E-state index contributed by atoms with van der Waals surface area (Å²) in [7, 11) is 0. The number of carboxylic acids is 2. The van der Waals surface area contributed by atoms with E-state index < -0.39 is 265 Å². The van der Waals surface area contributed by atoms with Gasteiger partial charge in [-0.2, -0.15) is 0 Å². The second-order valence-corrected chi connectivity index (χ2v) is 31.4. The minimum Gasteiger partial charge on any atom is -0.477 e. The quantitative estimate of drug-likeness (QED) is 0.0239. The Morgan fingerprint density at radius 2 is 0.897 bits per heavy atom. The van der Waals surface area contributed by atoms with Crippen LogP contribution in [0, 0.1) is 0 Å². The molecule has 5 heterocycles. The van der Waals surface area contributed by atoms with Gasteiger partial charge in [0, 0.05) is 40.0 Å². The minimum atomic E-state index is -3.59. The largest absolute Gasteiger partial charge is 0.477 e. The highest BCUT2D eigenvalue weighted by Crippen LogP contribution is 2.42. The summed E-state index contributed by atoms with van der Waals surface area (Å²) in [4.78, 5) is 79.1. The lowest BCUT2D eigenvalue weighted by Crippen LogP contribution is -2.72. The molecular formula is C78H138N4O34. The van der Waals surface area contributed by atoms with Crippen LogP contribution >= 0.6 is 0 Å². The molecule has 0 aromatic carbocycles. The number of nitrogens with one attached hydrogen (secondary N) is 4. The smallest absolute Gasteiger partial charge is 0.364 e. The average molecular weight is 1680 g/mol. The number of unbranched alkanes of at least 4 members (excludes halogenated alkanes) is 25. The van der Waals surface area contributed by atoms with Crippen molar-refractivity contribution < 1.29 is 168 Å². The van der Waals surface area contributed by atoms with Crippen molar-refractivity contribution >= 4 is 35.6 Å². The molecule has 29 atom stereocenters. The zero-order chi connectivity index (χ0) is 85.8. The third kappa shape index (κ3) is 30.8. The minimum absolute atomic E-state index is 0.113. The van der Waals surface area contributed by atoms with Crippen LogP contribution in [0.5, 0.6) is 0 Å². The summed E-state index contributed by atoms with van der Waals surface area (Å²) in [5, 5.41) is 213. The van der Waals surface area contributed by atoms with Gasteiger partial charge >= 0.3 is 11.9 Å². The fourth-order valence-corrected chi connectivity index (χ4v) is 15.4. The fraction of sp³-hybridized carbons (Fsp3) is 0.897. The maximum atomic E-state index is 14.2. The lowest BCUT2D eigenvalue weighted by Gasteiger charge is -2.52. The Morgan fingerprint density at radius 1 is 0.466 bits per heavy atom. The molecule has 38 nitrogen and oxygen atoms in total. The van der Waals surface area contributed by atoms with E-state index in [1.165, 1.54) is 102 Å². The molecular weight excluding hydrogens is 1540 g/mol. The van der Waals surface area contributed by atoms with Gasteiger partial charge in [0.05, 0.1) is 76.1 Å². The molecule has 0 bridgehead atoms. The van der Waals surface area contributed by atoms with Crippen LogP contribution in [0.1, 0.15) is 227 Å². The number of aliphatic hydroxyl groups is 16. The Bertz CT molecular complexity index is 2860. The van der Waals surface area contributed by atoms with Crippen molar-refractivity contribution in [1.82, 2.24) is 21.3 Å². The van der Waals surface area contributed by atoms with E-state index in [1.807, 2.05) is 0 Å². The van der Waals surface area contributed by atoms with E-state index in [9.17, 15) is 121 Å². The van der Waals surface area contributed by atoms with Gasteiger partial charge in [-0.05, 0) is 19.3 Å². The molecule has 5 aliphatic heterocycles. The molecule has 674 valence electrons. The normalized spacial score (nSPS) is 33.3. The van der Waals surface area contributed by atoms with Crippen molar-refractivity contribution in [2.24, 2.45) is 0 Å². The van der Waals surface area contributed by atoms with Gasteiger partial charge in [0.15, 0.2) is 18.9 Å². The Labute approximate surface area is 678 Å². The lowest BCUT2D eigenvalue weighted by molar-refractivity contribution is -0.402. The van der Waals surface area contributed by atoms with Crippen LogP contribution in [0.15, 0.2) is 12.2 Å². The molecule has 38 heteroatoms. The highest BCUT2D eigenvalue weighted by atomic mass is 16.8. The molecule has 5 rings (SSSR count). The van der Waals surface area contributed by atoms with E-state index in [4.69, 9.17) is 47.4 Å². The van der Waals surface area contributed by atoms with E-state index in [1.54, 1.807) is 6.08 Å². The van der Waals surface area contributed by atoms with Gasteiger partial charge in [0.25, 0.3) is 11.6 Å². The SMILES string of the molecule is CCCCCCCCCCCCCC=C[C@@H](O)[C@H](CO[C@@H]1O[C@H](CO)[C@@H](O[C@@H]2O[C@H](CO)[C@H](O[C@@H]3O[C@H](CO)[C@H](O)[C@H](O)[C@H]3NC(C)=O)[C@H](O[C@]3(C(=O)O)C[C@H](O)[C@@H](NC(C)=O)C([C@H](O)[C@@H](CO)O[C@]4(C(=O)O)C[C@H](O)[C@@H](NC(C)=O)C([C@H](O)[C@H](O)CO)O4)O3)[C@H]2O)[C@H](O)[C@H]1O)NC(=O)CCCCCCCCCCCCCCCCC. The Morgan fingerprint density at radius 3 is 1.37 bits per heavy atom. The summed E-state index contributed by atoms with van der Waals surface area (Å²) >= 11 is 0. The Hall–Kier alpha value is -4.48. The molecule has 5 aliphatic rings. The molecule has 0 aromatic heterocycles. The van der Waals surface area contributed by atoms with Crippen LogP contribution in [0.3, 0.4) is 0 Å². The van der Waals surface area contributed by atoms with E-state index >= 15 is 0 Å². The van der Waals surface area contributed by atoms with Gasteiger partial charge in [-0.1, -0.05) is 180 Å². The molecule has 22 N–H and O–H groups in total. The second-order valence-electron chi connectivity index (χ2n) is 31.4. The average Bonchev–Trinajstić information content (AvgIpc) is 0.745. The molecule has 4 amide bonds. The number of aliphatic hydroxyl groups excluding tert-OH is 16. The van der Waals surface area contributed by atoms with Gasteiger partial charge in [-0.25, -0.2) is 9.59 Å². The number of amides is 4. The number of allylic oxidation sites excluding steroid dienone is 1. The summed E-state index contributed by atoms with van der Waals surface area (Å²) in [6.07, 6.45) is -19.4. The number of ether oxygens (including phenoxy) is 10. The molecule has 5 saturated heterocycles. The topological polar surface area (TPSA) is 607 Å². The van der Waals surface area contributed by atoms with E-state index in [-0.39, 0.29) is 6.42 Å². The molecule has 0 aromatic rings. The Kier molecular flexibility index (Phi) is 46.4. The van der Waals surface area contributed by atoms with Gasteiger partial charge in [-0.15, -0.1) is 0 Å². The first-order valence-corrected chi connectivity index (χ1v) is 41.7. The molecule has 0 radical (unpaired) electrons. The van der Waals surface area contributed by atoms with Crippen LogP contribution in [0.25, 0.3) is 0 Å². The summed E-state index contributed by atoms with van der Waals surface area (Å²) in [5.41, 5.74) is 0. The van der Waals surface area contributed by atoms with E-state index in [0.717, 1.165) is 85.0 Å². The third-order valence-electron chi connectivity index (χ3n) is 22.0. The molecule has 5 fully saturated rings. The highest BCUT2D eigenvalue weighted by Gasteiger charge is 2.64. The van der Waals surface area contributed by atoms with Crippen LogP contribution in [-0.4, -0.2) is 344 Å². The van der Waals surface area contributed by atoms with E-state index in [2.05, 4.69) is 35.1 Å². The predicted molar refractivity (Wildman–Crippen MR) is 407 cm³/mol. The molecule has 0 aliphatic carbocycles. The van der Waals surface area contributed by atoms with Crippen LogP contribution < -0.4 is 21.3 Å². The monoisotopic (exact) mass is 1670 g/mol. The van der Waals surface area contributed by atoms with Crippen molar-refractivity contribution in [1.29, 1.82) is 0 Å². The summed E-state index contributed by atoms with van der Waals surface area (Å²) in [6, 6.07) is -6.82. The van der Waals surface area contributed by atoms with Crippen molar-refractivity contribution in [2.75, 3.05) is 39.6 Å². The summed E-state index contributed by atoms with van der Waals surface area (Å²) < 4.78 is 59.9. The summed E-state index contributed by atoms with van der Waals surface area (Å²) in [5.74, 6) is -14.6. The van der Waals surface area contributed by atoms with Crippen LogP contribution in [-0.2, 0) is 76.1 Å². The number of hydrogen-bond donors (Lipinski definition) is 22. The highest BCUT2D eigenvalue weighted by molar-refractivity contribution is 5.78. The second kappa shape index (κ2) is 52.8. The Balaban J connectivity index is 1.44.